The molecule has 3 aromatic rings. The summed E-state index contributed by atoms with van der Waals surface area (Å²) in [6.45, 7) is 5.20. The van der Waals surface area contributed by atoms with Crippen LogP contribution in [0.15, 0.2) is 47.0 Å². The molecule has 6 nitrogen and oxygen atoms in total. The summed E-state index contributed by atoms with van der Waals surface area (Å²) in [5, 5.41) is 7.60. The standard InChI is InChI=1S/C21H22Cl2N4O2/c1-3-14-8-10-15(11-9-14)21-25-19(29-26-21)13-27(4-2)12-18(28)24-20-16(22)6-5-7-17(20)23/h5-11H,3-4,12-13H2,1-2H3,(H,24,28). The van der Waals surface area contributed by atoms with Gasteiger partial charge in [0.15, 0.2) is 0 Å². The lowest BCUT2D eigenvalue weighted by Crippen LogP contribution is -2.33. The summed E-state index contributed by atoms with van der Waals surface area (Å²) in [4.78, 5) is 18.8. The minimum atomic E-state index is -0.225. The van der Waals surface area contributed by atoms with E-state index in [0.717, 1.165) is 12.0 Å². The van der Waals surface area contributed by atoms with Crippen molar-refractivity contribution in [2.45, 2.75) is 26.8 Å². The van der Waals surface area contributed by atoms with E-state index in [2.05, 4.69) is 22.4 Å². The second-order valence-corrected chi connectivity index (χ2v) is 7.32. The first kappa shape index (κ1) is 21.3. The van der Waals surface area contributed by atoms with Gasteiger partial charge in [0, 0.05) is 5.56 Å². The lowest BCUT2D eigenvalue weighted by molar-refractivity contribution is -0.117. The van der Waals surface area contributed by atoms with E-state index in [9.17, 15) is 4.79 Å². The summed E-state index contributed by atoms with van der Waals surface area (Å²) in [5.41, 5.74) is 2.55. The van der Waals surface area contributed by atoms with E-state index in [-0.39, 0.29) is 12.5 Å². The second kappa shape index (κ2) is 9.87. The van der Waals surface area contributed by atoms with Crippen LogP contribution in [0.3, 0.4) is 0 Å². The number of benzene rings is 2. The quantitative estimate of drug-likeness (QED) is 0.537. The Morgan fingerprint density at radius 1 is 1.10 bits per heavy atom. The van der Waals surface area contributed by atoms with Gasteiger partial charge in [-0.05, 0) is 30.7 Å². The van der Waals surface area contributed by atoms with Gasteiger partial charge in [0.05, 0.1) is 28.8 Å². The molecule has 1 N–H and O–H groups in total. The van der Waals surface area contributed by atoms with Gasteiger partial charge in [-0.1, -0.05) is 72.5 Å². The van der Waals surface area contributed by atoms with E-state index in [4.69, 9.17) is 27.7 Å². The highest BCUT2D eigenvalue weighted by molar-refractivity contribution is 6.39. The van der Waals surface area contributed by atoms with Crippen molar-refractivity contribution in [1.29, 1.82) is 0 Å². The first-order valence-electron chi connectivity index (χ1n) is 9.38. The highest BCUT2D eigenvalue weighted by Crippen LogP contribution is 2.29. The maximum atomic E-state index is 12.4. The van der Waals surface area contributed by atoms with E-state index >= 15 is 0 Å². The van der Waals surface area contributed by atoms with Gasteiger partial charge in [-0.25, -0.2) is 0 Å². The monoisotopic (exact) mass is 432 g/mol. The Morgan fingerprint density at radius 3 is 2.41 bits per heavy atom. The van der Waals surface area contributed by atoms with Crippen molar-refractivity contribution in [1.82, 2.24) is 15.0 Å². The molecular weight excluding hydrogens is 411 g/mol. The van der Waals surface area contributed by atoms with Crippen LogP contribution in [0.1, 0.15) is 25.3 Å². The Balaban J connectivity index is 1.62. The number of halogens is 2. The number of carbonyl (C=O) groups is 1. The predicted molar refractivity (Wildman–Crippen MR) is 115 cm³/mol. The molecule has 0 fully saturated rings. The number of aryl methyl sites for hydroxylation is 1. The minimum absolute atomic E-state index is 0.140. The summed E-state index contributed by atoms with van der Waals surface area (Å²) in [6, 6.07) is 13.1. The summed E-state index contributed by atoms with van der Waals surface area (Å²) in [6.07, 6.45) is 0.977. The summed E-state index contributed by atoms with van der Waals surface area (Å²) < 4.78 is 5.37. The lowest BCUT2D eigenvalue weighted by atomic mass is 10.1. The molecule has 0 radical (unpaired) electrons. The van der Waals surface area contributed by atoms with E-state index in [1.54, 1.807) is 18.2 Å². The second-order valence-electron chi connectivity index (χ2n) is 6.51. The molecule has 0 aliphatic rings. The number of aromatic nitrogens is 2. The number of rotatable bonds is 8. The fourth-order valence-corrected chi connectivity index (χ4v) is 3.29. The normalized spacial score (nSPS) is 11.1. The number of likely N-dealkylation sites (N-methyl/N-ethyl adjacent to an activating group) is 1. The number of amides is 1. The number of anilines is 1. The topological polar surface area (TPSA) is 71.3 Å². The van der Waals surface area contributed by atoms with Gasteiger partial charge in [-0.3, -0.25) is 9.69 Å². The molecule has 1 amide bonds. The molecule has 1 heterocycles. The van der Waals surface area contributed by atoms with E-state index in [0.29, 0.717) is 40.5 Å². The highest BCUT2D eigenvalue weighted by atomic mass is 35.5. The van der Waals surface area contributed by atoms with Gasteiger partial charge in [0.1, 0.15) is 0 Å². The molecule has 1 aromatic heterocycles. The zero-order valence-corrected chi connectivity index (χ0v) is 17.8. The highest BCUT2D eigenvalue weighted by Gasteiger charge is 2.16. The van der Waals surface area contributed by atoms with Crippen LogP contribution in [-0.2, 0) is 17.8 Å². The average molecular weight is 433 g/mol. The molecule has 0 aliphatic heterocycles. The molecule has 0 aliphatic carbocycles. The number of nitrogens with one attached hydrogen (secondary N) is 1. The molecule has 0 unspecified atom stereocenters. The molecular formula is C21H22Cl2N4O2. The largest absolute Gasteiger partial charge is 0.338 e. The van der Waals surface area contributed by atoms with Crippen LogP contribution in [0.2, 0.25) is 10.0 Å². The Hall–Kier alpha value is -2.41. The fourth-order valence-electron chi connectivity index (χ4n) is 2.80. The van der Waals surface area contributed by atoms with E-state index in [1.807, 2.05) is 36.1 Å². The van der Waals surface area contributed by atoms with Crippen LogP contribution in [0.4, 0.5) is 5.69 Å². The molecule has 3 rings (SSSR count). The van der Waals surface area contributed by atoms with Crippen molar-refractivity contribution in [3.8, 4) is 11.4 Å². The van der Waals surface area contributed by atoms with Crippen molar-refractivity contribution >= 4 is 34.8 Å². The first-order chi connectivity index (χ1) is 14.0. The van der Waals surface area contributed by atoms with Gasteiger partial charge in [0.25, 0.3) is 0 Å². The van der Waals surface area contributed by atoms with E-state index < -0.39 is 0 Å². The molecule has 0 saturated carbocycles. The molecule has 0 saturated heterocycles. The number of carbonyl (C=O) groups excluding carboxylic acids is 1. The third-order valence-corrected chi connectivity index (χ3v) is 5.12. The average Bonchev–Trinajstić information content (AvgIpc) is 3.19. The zero-order valence-electron chi connectivity index (χ0n) is 16.3. The SMILES string of the molecule is CCc1ccc(-c2noc(CN(CC)CC(=O)Nc3c(Cl)cccc3Cl)n2)cc1. The van der Waals surface area contributed by atoms with Crippen molar-refractivity contribution in [3.63, 3.8) is 0 Å². The fraction of sp³-hybridized carbons (Fsp3) is 0.286. The van der Waals surface area contributed by atoms with Crippen molar-refractivity contribution < 1.29 is 9.32 Å². The number of nitrogens with zero attached hydrogens (tertiary/aromatic N) is 3. The van der Waals surface area contributed by atoms with Crippen molar-refractivity contribution in [2.24, 2.45) is 0 Å². The maximum absolute atomic E-state index is 12.4. The van der Waals surface area contributed by atoms with Crippen LogP contribution in [0.25, 0.3) is 11.4 Å². The van der Waals surface area contributed by atoms with Crippen LogP contribution in [0, 0.1) is 0 Å². The molecule has 2 aromatic carbocycles. The summed E-state index contributed by atoms with van der Waals surface area (Å²) in [5.74, 6) is 0.757. The predicted octanol–water partition coefficient (Wildman–Crippen LogP) is 5.07. The van der Waals surface area contributed by atoms with Gasteiger partial charge >= 0.3 is 0 Å². The Morgan fingerprint density at radius 2 is 1.79 bits per heavy atom. The first-order valence-corrected chi connectivity index (χ1v) is 10.1. The lowest BCUT2D eigenvalue weighted by Gasteiger charge is -2.18. The molecule has 29 heavy (non-hydrogen) atoms. The Labute approximate surface area is 179 Å². The molecule has 0 spiro atoms. The number of hydrogen-bond acceptors (Lipinski definition) is 5. The van der Waals surface area contributed by atoms with Crippen molar-refractivity contribution in [2.75, 3.05) is 18.4 Å². The van der Waals surface area contributed by atoms with Gasteiger partial charge in [0.2, 0.25) is 17.6 Å². The van der Waals surface area contributed by atoms with E-state index in [1.165, 1.54) is 5.56 Å². The summed E-state index contributed by atoms with van der Waals surface area (Å²) in [7, 11) is 0. The molecule has 0 atom stereocenters. The van der Waals surface area contributed by atoms with Crippen molar-refractivity contribution in [3.05, 3.63) is 64.0 Å². The van der Waals surface area contributed by atoms with Crippen LogP contribution >= 0.6 is 23.2 Å². The Kier molecular flexibility index (Phi) is 7.25. The van der Waals surface area contributed by atoms with Crippen LogP contribution in [0.5, 0.6) is 0 Å². The number of hydrogen-bond donors (Lipinski definition) is 1. The molecule has 0 bridgehead atoms. The Bertz CT molecular complexity index is 953. The molecule has 152 valence electrons. The maximum Gasteiger partial charge on any atom is 0.241 e. The van der Waals surface area contributed by atoms with Gasteiger partial charge < -0.3 is 9.84 Å². The zero-order chi connectivity index (χ0) is 20.8. The summed E-state index contributed by atoms with van der Waals surface area (Å²) >= 11 is 12.2. The minimum Gasteiger partial charge on any atom is -0.338 e. The van der Waals surface area contributed by atoms with Crippen LogP contribution < -0.4 is 5.32 Å². The molecule has 8 heteroatoms. The third-order valence-electron chi connectivity index (χ3n) is 4.49. The van der Waals surface area contributed by atoms with Gasteiger partial charge in [-0.2, -0.15) is 4.98 Å². The number of para-hydroxylation sites is 1. The third kappa shape index (κ3) is 5.56. The smallest absolute Gasteiger partial charge is 0.241 e. The van der Waals surface area contributed by atoms with Crippen LogP contribution in [-0.4, -0.2) is 34.0 Å². The van der Waals surface area contributed by atoms with Gasteiger partial charge in [-0.15, -0.1) is 0 Å².